The number of aliphatic carboxylic acids is 1. The minimum atomic E-state index is -0.944. The number of cyclic esters (lactones) is 1. The molecule has 0 aromatic rings. The molecule has 1 N–H and O–H groups in total. The molecule has 0 aromatic heterocycles. The summed E-state index contributed by atoms with van der Waals surface area (Å²) in [5, 5.41) is 8.72. The summed E-state index contributed by atoms with van der Waals surface area (Å²) in [6, 6.07) is 0. The minimum absolute atomic E-state index is 0.142. The highest BCUT2D eigenvalue weighted by atomic mass is 16.6. The average molecular weight is 229 g/mol. The predicted molar refractivity (Wildman–Crippen MR) is 58.2 cm³/mol. The van der Waals surface area contributed by atoms with Crippen LogP contribution in [0.3, 0.4) is 0 Å². The van der Waals surface area contributed by atoms with E-state index in [9.17, 15) is 9.59 Å². The summed E-state index contributed by atoms with van der Waals surface area (Å²) in [6.07, 6.45) is 0.360. The number of carbonyl (C=O) groups is 2. The fraction of sp³-hybridized carbons (Fsp3) is 0.818. The Morgan fingerprint density at radius 3 is 2.75 bits per heavy atom. The molecule has 5 nitrogen and oxygen atoms in total. The molecule has 5 heteroatoms. The highest BCUT2D eigenvalue weighted by Crippen LogP contribution is 2.26. The third kappa shape index (κ3) is 3.40. The van der Waals surface area contributed by atoms with Crippen molar-refractivity contribution in [3.8, 4) is 0 Å². The number of rotatable bonds is 5. The van der Waals surface area contributed by atoms with Crippen LogP contribution in [0.25, 0.3) is 0 Å². The molecule has 0 aromatic carbocycles. The van der Waals surface area contributed by atoms with Crippen LogP contribution in [0.1, 0.15) is 33.6 Å². The summed E-state index contributed by atoms with van der Waals surface area (Å²) in [5.74, 6) is -0.430. The summed E-state index contributed by atoms with van der Waals surface area (Å²) in [5.41, 5.74) is -0.875. The van der Waals surface area contributed by atoms with Crippen LogP contribution in [0.4, 0.5) is 4.79 Å². The second kappa shape index (κ2) is 4.72. The first kappa shape index (κ1) is 12.8. The van der Waals surface area contributed by atoms with Crippen molar-refractivity contribution in [3.05, 3.63) is 0 Å². The van der Waals surface area contributed by atoms with E-state index < -0.39 is 17.7 Å². The van der Waals surface area contributed by atoms with E-state index in [1.165, 1.54) is 0 Å². The number of hydrogen-bond donors (Lipinski definition) is 1. The molecule has 0 bridgehead atoms. The van der Waals surface area contributed by atoms with E-state index in [2.05, 4.69) is 13.8 Å². The van der Waals surface area contributed by atoms with Crippen LogP contribution in [0, 0.1) is 5.92 Å². The van der Waals surface area contributed by atoms with E-state index in [-0.39, 0.29) is 6.42 Å². The van der Waals surface area contributed by atoms with Crippen molar-refractivity contribution in [3.63, 3.8) is 0 Å². The summed E-state index contributed by atoms with van der Waals surface area (Å²) in [7, 11) is 0. The average Bonchev–Trinajstić information content (AvgIpc) is 2.36. The zero-order valence-corrected chi connectivity index (χ0v) is 10.0. The van der Waals surface area contributed by atoms with Gasteiger partial charge in [0.1, 0.15) is 5.60 Å². The van der Waals surface area contributed by atoms with Crippen LogP contribution in [0.2, 0.25) is 0 Å². The maximum atomic E-state index is 11.5. The number of hydrogen-bond acceptors (Lipinski definition) is 3. The Labute approximate surface area is 95.4 Å². The first-order valence-corrected chi connectivity index (χ1v) is 5.52. The molecular formula is C11H19NO4. The summed E-state index contributed by atoms with van der Waals surface area (Å²) in [4.78, 5) is 23.7. The molecular weight excluding hydrogens is 210 g/mol. The molecule has 1 fully saturated rings. The molecule has 0 radical (unpaired) electrons. The Kier molecular flexibility index (Phi) is 3.78. The van der Waals surface area contributed by atoms with E-state index in [1.807, 2.05) is 0 Å². The van der Waals surface area contributed by atoms with Crippen LogP contribution < -0.4 is 0 Å². The molecule has 92 valence electrons. The fourth-order valence-corrected chi connectivity index (χ4v) is 1.77. The minimum Gasteiger partial charge on any atom is -0.481 e. The van der Waals surface area contributed by atoms with Crippen molar-refractivity contribution >= 4 is 12.1 Å². The lowest BCUT2D eigenvalue weighted by molar-refractivity contribution is -0.140. The van der Waals surface area contributed by atoms with Gasteiger partial charge in [0.25, 0.3) is 0 Å². The quantitative estimate of drug-likeness (QED) is 0.779. The van der Waals surface area contributed by atoms with Crippen LogP contribution >= 0.6 is 0 Å². The van der Waals surface area contributed by atoms with Crippen molar-refractivity contribution in [2.75, 3.05) is 13.1 Å². The molecule has 1 unspecified atom stereocenters. The maximum Gasteiger partial charge on any atom is 0.410 e. The van der Waals surface area contributed by atoms with Crippen LogP contribution in [0.5, 0.6) is 0 Å². The smallest absolute Gasteiger partial charge is 0.410 e. The number of carboxylic acids is 1. The Bertz CT molecular complexity index is 290. The lowest BCUT2D eigenvalue weighted by atomic mass is 10.0. The number of ether oxygens (including phenoxy) is 1. The summed E-state index contributed by atoms with van der Waals surface area (Å²) >= 11 is 0. The van der Waals surface area contributed by atoms with Crippen molar-refractivity contribution < 1.29 is 19.4 Å². The predicted octanol–water partition coefficient (Wildman–Crippen LogP) is 1.72. The molecule has 1 aliphatic rings. The second-order valence-corrected chi connectivity index (χ2v) is 4.99. The van der Waals surface area contributed by atoms with Gasteiger partial charge in [0.2, 0.25) is 0 Å². The summed E-state index contributed by atoms with van der Waals surface area (Å²) in [6.45, 7) is 6.82. The molecule has 0 saturated carbocycles. The van der Waals surface area contributed by atoms with Crippen molar-refractivity contribution in [1.29, 1.82) is 0 Å². The molecule has 1 heterocycles. The highest BCUT2D eigenvalue weighted by Gasteiger charge is 2.42. The van der Waals surface area contributed by atoms with Gasteiger partial charge in [0.05, 0.1) is 13.0 Å². The summed E-state index contributed by atoms with van der Waals surface area (Å²) < 4.78 is 5.11. The number of carbonyl (C=O) groups excluding carboxylic acids is 1. The van der Waals surface area contributed by atoms with Gasteiger partial charge in [-0.3, -0.25) is 4.79 Å². The van der Waals surface area contributed by atoms with Crippen molar-refractivity contribution in [2.45, 2.75) is 39.2 Å². The van der Waals surface area contributed by atoms with Gasteiger partial charge < -0.3 is 14.7 Å². The van der Waals surface area contributed by atoms with E-state index in [0.717, 1.165) is 6.42 Å². The number of amides is 1. The third-order valence-corrected chi connectivity index (χ3v) is 2.62. The van der Waals surface area contributed by atoms with Gasteiger partial charge in [-0.1, -0.05) is 13.8 Å². The third-order valence-electron chi connectivity index (χ3n) is 2.62. The Balaban J connectivity index is 2.52. The zero-order valence-electron chi connectivity index (χ0n) is 10.0. The van der Waals surface area contributed by atoms with E-state index in [4.69, 9.17) is 9.84 Å². The van der Waals surface area contributed by atoms with Gasteiger partial charge in [0.15, 0.2) is 0 Å². The van der Waals surface area contributed by atoms with Gasteiger partial charge in [-0.2, -0.15) is 0 Å². The molecule has 1 saturated heterocycles. The standard InChI is InChI=1S/C11H19NO4/c1-8(2)4-5-12-7-11(3,6-9(13)14)16-10(12)15/h8H,4-7H2,1-3H3,(H,13,14). The first-order chi connectivity index (χ1) is 7.32. The molecule has 1 rings (SSSR count). The van der Waals surface area contributed by atoms with E-state index in [1.54, 1.807) is 11.8 Å². The molecule has 1 atom stereocenters. The zero-order chi connectivity index (χ0) is 12.3. The van der Waals surface area contributed by atoms with Crippen molar-refractivity contribution in [2.24, 2.45) is 5.92 Å². The second-order valence-electron chi connectivity index (χ2n) is 4.99. The lowest BCUT2D eigenvalue weighted by Crippen LogP contribution is -2.34. The van der Waals surface area contributed by atoms with Crippen LogP contribution in [-0.4, -0.2) is 40.8 Å². The van der Waals surface area contributed by atoms with Gasteiger partial charge in [0, 0.05) is 6.54 Å². The van der Waals surface area contributed by atoms with Gasteiger partial charge in [-0.15, -0.1) is 0 Å². The van der Waals surface area contributed by atoms with Crippen LogP contribution in [-0.2, 0) is 9.53 Å². The van der Waals surface area contributed by atoms with Gasteiger partial charge >= 0.3 is 12.1 Å². The molecule has 16 heavy (non-hydrogen) atoms. The van der Waals surface area contributed by atoms with Gasteiger partial charge in [-0.05, 0) is 19.3 Å². The first-order valence-electron chi connectivity index (χ1n) is 5.52. The number of nitrogens with zero attached hydrogens (tertiary/aromatic N) is 1. The number of carboxylic acid groups (broad SMARTS) is 1. The Morgan fingerprint density at radius 2 is 2.25 bits per heavy atom. The van der Waals surface area contributed by atoms with Crippen LogP contribution in [0.15, 0.2) is 0 Å². The van der Waals surface area contributed by atoms with Crippen molar-refractivity contribution in [1.82, 2.24) is 4.90 Å². The molecule has 1 amide bonds. The van der Waals surface area contributed by atoms with E-state index in [0.29, 0.717) is 19.0 Å². The SMILES string of the molecule is CC(C)CCN1CC(C)(CC(=O)O)OC1=O. The molecule has 0 aliphatic carbocycles. The Hall–Kier alpha value is -1.26. The normalized spacial score (nSPS) is 25.0. The maximum absolute atomic E-state index is 11.5. The highest BCUT2D eigenvalue weighted by molar-refractivity contribution is 5.74. The van der Waals surface area contributed by atoms with E-state index >= 15 is 0 Å². The Morgan fingerprint density at radius 1 is 1.62 bits per heavy atom. The largest absolute Gasteiger partial charge is 0.481 e. The topological polar surface area (TPSA) is 66.8 Å². The lowest BCUT2D eigenvalue weighted by Gasteiger charge is -2.19. The van der Waals surface area contributed by atoms with Gasteiger partial charge in [-0.25, -0.2) is 4.79 Å². The fourth-order valence-electron chi connectivity index (χ4n) is 1.77. The monoisotopic (exact) mass is 229 g/mol. The molecule has 0 spiro atoms. The molecule has 1 aliphatic heterocycles.